The molecule has 0 saturated heterocycles. The molecule has 0 radical (unpaired) electrons. The molecule has 8 heteroatoms. The Morgan fingerprint density at radius 1 is 1.18 bits per heavy atom. The molecule has 3 N–H and O–H groups in total. The zero-order valence-electron chi connectivity index (χ0n) is 8.10. The van der Waals surface area contributed by atoms with Crippen molar-refractivity contribution >= 4 is 11.6 Å². The van der Waals surface area contributed by atoms with Gasteiger partial charge in [0.2, 0.25) is 0 Å². The number of hydrogen-bond acceptors (Lipinski definition) is 2. The Hall–Kier alpha value is -1.08. The molecule has 0 heterocycles. The topological polar surface area (TPSA) is 46.2 Å². The van der Waals surface area contributed by atoms with Gasteiger partial charge in [-0.3, -0.25) is 0 Å². The first-order valence-electron chi connectivity index (χ1n) is 4.26. The molecule has 17 heavy (non-hydrogen) atoms. The normalized spacial score (nSPS) is 14.8. The number of hydrogen-bond donors (Lipinski definition) is 2. The third kappa shape index (κ3) is 2.61. The van der Waals surface area contributed by atoms with Crippen LogP contribution in [0.2, 0.25) is 5.02 Å². The fourth-order valence-corrected chi connectivity index (χ4v) is 1.33. The number of alkyl halides is 5. The predicted octanol–water partition coefficient (Wildman–Crippen LogP) is 3.24. The monoisotopic (exact) mass is 275 g/mol. The summed E-state index contributed by atoms with van der Waals surface area (Å²) in [4.78, 5) is 0. The number of halogens is 6. The van der Waals surface area contributed by atoms with Crippen LogP contribution >= 0.6 is 11.6 Å². The number of nitrogens with two attached hydrogens (primary N) is 1. The Labute approximate surface area is 97.8 Å². The summed E-state index contributed by atoms with van der Waals surface area (Å²) in [6.07, 6.45) is -5.80. The van der Waals surface area contributed by atoms with Crippen LogP contribution in [-0.4, -0.2) is 17.2 Å². The summed E-state index contributed by atoms with van der Waals surface area (Å²) >= 11 is 5.43. The van der Waals surface area contributed by atoms with Crippen LogP contribution in [0.5, 0.6) is 5.75 Å². The number of aromatic hydroxyl groups is 1. The van der Waals surface area contributed by atoms with E-state index in [4.69, 9.17) is 17.3 Å². The van der Waals surface area contributed by atoms with E-state index in [0.717, 1.165) is 18.2 Å². The molecule has 0 amide bonds. The Kier molecular flexibility index (Phi) is 3.54. The molecule has 2 nitrogen and oxygen atoms in total. The van der Waals surface area contributed by atoms with E-state index in [1.165, 1.54) is 0 Å². The third-order valence-corrected chi connectivity index (χ3v) is 2.33. The molecule has 1 aromatic rings. The van der Waals surface area contributed by atoms with Crippen molar-refractivity contribution in [2.75, 3.05) is 0 Å². The van der Waals surface area contributed by atoms with Gasteiger partial charge < -0.3 is 10.8 Å². The molecule has 0 aliphatic carbocycles. The van der Waals surface area contributed by atoms with Crippen LogP contribution in [-0.2, 0) is 0 Å². The van der Waals surface area contributed by atoms with Gasteiger partial charge in [0.25, 0.3) is 0 Å². The number of benzene rings is 1. The Morgan fingerprint density at radius 3 is 2.18 bits per heavy atom. The molecule has 0 fully saturated rings. The Balaban J connectivity index is 3.21. The SMILES string of the molecule is N[C@H](c1cc(Cl)ccc1O)C(F)(F)C(F)(F)F. The Morgan fingerprint density at radius 2 is 1.71 bits per heavy atom. The molecule has 0 aliphatic heterocycles. The van der Waals surface area contributed by atoms with E-state index in [-0.39, 0.29) is 5.02 Å². The van der Waals surface area contributed by atoms with Gasteiger partial charge in [-0.1, -0.05) is 11.6 Å². The highest BCUT2D eigenvalue weighted by atomic mass is 35.5. The van der Waals surface area contributed by atoms with Crippen molar-refractivity contribution in [3.63, 3.8) is 0 Å². The number of rotatable bonds is 2. The summed E-state index contributed by atoms with van der Waals surface area (Å²) < 4.78 is 62.0. The Bertz CT molecular complexity index is 420. The number of phenols is 1. The fraction of sp³-hybridized carbons (Fsp3) is 0.333. The van der Waals surface area contributed by atoms with Crippen molar-refractivity contribution in [1.82, 2.24) is 0 Å². The van der Waals surface area contributed by atoms with Crippen LogP contribution in [0.3, 0.4) is 0 Å². The molecule has 1 aromatic carbocycles. The molecule has 0 unspecified atom stereocenters. The van der Waals surface area contributed by atoms with Gasteiger partial charge in [-0.05, 0) is 18.2 Å². The fourth-order valence-electron chi connectivity index (χ4n) is 1.15. The molecule has 1 rings (SSSR count). The lowest BCUT2D eigenvalue weighted by atomic mass is 10.00. The molecular weight excluding hydrogens is 269 g/mol. The van der Waals surface area contributed by atoms with Crippen molar-refractivity contribution in [3.8, 4) is 5.75 Å². The first-order valence-corrected chi connectivity index (χ1v) is 4.63. The highest BCUT2D eigenvalue weighted by Gasteiger charge is 2.62. The highest BCUT2D eigenvalue weighted by Crippen LogP contribution is 2.45. The molecule has 96 valence electrons. The van der Waals surface area contributed by atoms with Gasteiger partial charge in [0, 0.05) is 10.6 Å². The summed E-state index contributed by atoms with van der Waals surface area (Å²) in [5.74, 6) is -5.93. The van der Waals surface area contributed by atoms with Gasteiger partial charge >= 0.3 is 12.1 Å². The minimum absolute atomic E-state index is 0.105. The lowest BCUT2D eigenvalue weighted by Crippen LogP contribution is -2.45. The van der Waals surface area contributed by atoms with Crippen molar-refractivity contribution in [2.45, 2.75) is 18.1 Å². The van der Waals surface area contributed by atoms with Crippen LogP contribution in [0.15, 0.2) is 18.2 Å². The largest absolute Gasteiger partial charge is 0.508 e. The predicted molar refractivity (Wildman–Crippen MR) is 51.0 cm³/mol. The molecule has 0 aromatic heterocycles. The average Bonchev–Trinajstić information content (AvgIpc) is 2.19. The standard InChI is InChI=1S/C9H7ClF5NO/c10-4-1-2-6(17)5(3-4)7(16)8(11,12)9(13,14)15/h1-3,7,17H,16H2/t7-/m1/s1. The van der Waals surface area contributed by atoms with Crippen LogP contribution in [0.25, 0.3) is 0 Å². The third-order valence-electron chi connectivity index (χ3n) is 2.09. The van der Waals surface area contributed by atoms with Gasteiger partial charge in [0.05, 0.1) is 0 Å². The highest BCUT2D eigenvalue weighted by molar-refractivity contribution is 6.30. The van der Waals surface area contributed by atoms with E-state index in [0.29, 0.717) is 0 Å². The molecule has 0 spiro atoms. The summed E-state index contributed by atoms with van der Waals surface area (Å²) in [5, 5.41) is 9.09. The van der Waals surface area contributed by atoms with Crippen LogP contribution in [0.1, 0.15) is 11.6 Å². The quantitative estimate of drug-likeness (QED) is 0.814. The summed E-state index contributed by atoms with van der Waals surface area (Å²) in [7, 11) is 0. The minimum Gasteiger partial charge on any atom is -0.508 e. The first kappa shape index (κ1) is 14.0. The van der Waals surface area contributed by atoms with Crippen LogP contribution in [0, 0.1) is 0 Å². The molecule has 0 bridgehead atoms. The smallest absolute Gasteiger partial charge is 0.455 e. The van der Waals surface area contributed by atoms with E-state index >= 15 is 0 Å². The van der Waals surface area contributed by atoms with Crippen molar-refractivity contribution in [1.29, 1.82) is 0 Å². The summed E-state index contributed by atoms with van der Waals surface area (Å²) in [6.45, 7) is 0. The lowest BCUT2D eigenvalue weighted by Gasteiger charge is -2.26. The van der Waals surface area contributed by atoms with Gasteiger partial charge in [-0.2, -0.15) is 22.0 Å². The van der Waals surface area contributed by atoms with Crippen molar-refractivity contribution in [2.24, 2.45) is 5.73 Å². The zero-order chi connectivity index (χ0) is 13.4. The first-order chi connectivity index (χ1) is 7.57. The summed E-state index contributed by atoms with van der Waals surface area (Å²) in [6, 6.07) is 0.0746. The minimum atomic E-state index is -5.80. The van der Waals surface area contributed by atoms with Crippen molar-refractivity contribution in [3.05, 3.63) is 28.8 Å². The van der Waals surface area contributed by atoms with Gasteiger partial charge in [0.15, 0.2) is 0 Å². The molecule has 0 aliphatic rings. The van der Waals surface area contributed by atoms with Crippen LogP contribution < -0.4 is 5.73 Å². The van der Waals surface area contributed by atoms with Crippen molar-refractivity contribution < 1.29 is 27.1 Å². The second-order valence-corrected chi connectivity index (χ2v) is 3.74. The van der Waals surface area contributed by atoms with Gasteiger partial charge in [-0.25, -0.2) is 0 Å². The van der Waals surface area contributed by atoms with E-state index < -0.39 is 29.5 Å². The molecular formula is C9H7ClF5NO. The molecule has 1 atom stereocenters. The van der Waals surface area contributed by atoms with Crippen LogP contribution in [0.4, 0.5) is 22.0 Å². The van der Waals surface area contributed by atoms with E-state index in [1.807, 2.05) is 0 Å². The maximum absolute atomic E-state index is 12.9. The zero-order valence-corrected chi connectivity index (χ0v) is 8.86. The van der Waals surface area contributed by atoms with Gasteiger partial charge in [0.1, 0.15) is 11.8 Å². The van der Waals surface area contributed by atoms with E-state index in [1.54, 1.807) is 0 Å². The van der Waals surface area contributed by atoms with E-state index in [2.05, 4.69) is 0 Å². The second kappa shape index (κ2) is 4.30. The van der Waals surface area contributed by atoms with Gasteiger partial charge in [-0.15, -0.1) is 0 Å². The maximum Gasteiger partial charge on any atom is 0.455 e. The average molecular weight is 276 g/mol. The second-order valence-electron chi connectivity index (χ2n) is 3.30. The summed E-state index contributed by atoms with van der Waals surface area (Å²) in [5.41, 5.74) is 4.08. The number of phenolic OH excluding ortho intramolecular Hbond substituents is 1. The van der Waals surface area contributed by atoms with E-state index in [9.17, 15) is 27.1 Å². The maximum atomic E-state index is 12.9. The lowest BCUT2D eigenvalue weighted by molar-refractivity contribution is -0.291. The molecule has 0 saturated carbocycles.